The lowest BCUT2D eigenvalue weighted by atomic mass is 9.95. The summed E-state index contributed by atoms with van der Waals surface area (Å²) in [5, 5.41) is 11.0. The second-order valence-corrected chi connectivity index (χ2v) is 10.5. The monoisotopic (exact) mass is 491 g/mol. The Balaban J connectivity index is 1.40. The van der Waals surface area contributed by atoms with Crippen molar-refractivity contribution in [1.82, 2.24) is 0 Å². The van der Waals surface area contributed by atoms with Crippen molar-refractivity contribution in [2.45, 2.75) is 0 Å². The predicted molar refractivity (Wildman–Crippen MR) is 159 cm³/mol. The van der Waals surface area contributed by atoms with E-state index in [1.54, 1.807) is 0 Å². The Hall–Kier alpha value is -4.60. The van der Waals surface area contributed by atoms with E-state index in [1.165, 1.54) is 36.5 Å². The first-order chi connectivity index (χ1) is 18.3. The van der Waals surface area contributed by atoms with E-state index in [0.717, 1.165) is 38.9 Å². The maximum atomic E-state index is 6.38. The molecule has 8 rings (SSSR count). The zero-order valence-corrected chi connectivity index (χ0v) is 20.7. The van der Waals surface area contributed by atoms with Crippen LogP contribution in [0.4, 0.5) is 11.4 Å². The molecule has 0 aliphatic carbocycles. The molecule has 37 heavy (non-hydrogen) atoms. The van der Waals surface area contributed by atoms with Gasteiger partial charge in [0, 0.05) is 31.2 Å². The maximum absolute atomic E-state index is 6.38. The second kappa shape index (κ2) is 7.95. The van der Waals surface area contributed by atoms with Crippen LogP contribution in [0.3, 0.4) is 0 Å². The molecule has 1 N–H and O–H groups in total. The maximum Gasteiger partial charge on any atom is 0.138 e. The number of para-hydroxylation sites is 2. The number of hydrogen-bond donors (Lipinski definition) is 1. The van der Waals surface area contributed by atoms with Gasteiger partial charge in [-0.1, -0.05) is 72.8 Å². The van der Waals surface area contributed by atoms with E-state index in [0.29, 0.717) is 0 Å². The predicted octanol–water partition coefficient (Wildman–Crippen LogP) is 10.5. The SMILES string of the molecule is c1ccc(Nc2cc(-c3cccc4cc5c(cc34)sc3ccccc35)cc3oc4ccccc4c23)cc1. The number of anilines is 2. The fraction of sp³-hybridized carbons (Fsp3) is 0. The molecular weight excluding hydrogens is 470 g/mol. The lowest BCUT2D eigenvalue weighted by molar-refractivity contribution is 0.669. The average molecular weight is 492 g/mol. The van der Waals surface area contributed by atoms with Crippen molar-refractivity contribution in [3.63, 3.8) is 0 Å². The molecule has 0 atom stereocenters. The lowest BCUT2D eigenvalue weighted by Crippen LogP contribution is -1.92. The lowest BCUT2D eigenvalue weighted by Gasteiger charge is -2.13. The standard InChI is InChI=1S/C34H21NOS/c1-2-10-23(11-3-1)35-29-18-22(19-31-34(29)26-13-4-6-15-30(26)36-31)24-14-8-9-21-17-28-25-12-5-7-16-32(25)37-33(28)20-27(21)24/h1-20,35H. The van der Waals surface area contributed by atoms with Crippen molar-refractivity contribution in [1.29, 1.82) is 0 Å². The first kappa shape index (κ1) is 20.6. The topological polar surface area (TPSA) is 25.2 Å². The Morgan fingerprint density at radius 1 is 0.541 bits per heavy atom. The molecule has 3 heteroatoms. The first-order valence-electron chi connectivity index (χ1n) is 12.4. The molecule has 174 valence electrons. The fourth-order valence-corrected chi connectivity index (χ4v) is 6.66. The minimum Gasteiger partial charge on any atom is -0.456 e. The molecule has 0 fully saturated rings. The summed E-state index contributed by atoms with van der Waals surface area (Å²) in [4.78, 5) is 0. The molecule has 0 aliphatic rings. The highest BCUT2D eigenvalue weighted by atomic mass is 32.1. The average Bonchev–Trinajstić information content (AvgIpc) is 3.50. The summed E-state index contributed by atoms with van der Waals surface area (Å²) in [6.07, 6.45) is 0. The van der Waals surface area contributed by atoms with Crippen molar-refractivity contribution < 1.29 is 4.42 Å². The number of hydrogen-bond acceptors (Lipinski definition) is 3. The normalized spacial score (nSPS) is 11.8. The molecule has 0 saturated carbocycles. The van der Waals surface area contributed by atoms with Gasteiger partial charge in [-0.3, -0.25) is 0 Å². The van der Waals surface area contributed by atoms with Crippen LogP contribution in [-0.4, -0.2) is 0 Å². The molecule has 0 bridgehead atoms. The third-order valence-electron chi connectivity index (χ3n) is 7.22. The number of benzene rings is 6. The highest BCUT2D eigenvalue weighted by Crippen LogP contribution is 2.42. The number of thiophene rings is 1. The molecule has 0 unspecified atom stereocenters. The summed E-state index contributed by atoms with van der Waals surface area (Å²) < 4.78 is 9.02. The van der Waals surface area contributed by atoms with Crippen LogP contribution < -0.4 is 5.32 Å². The van der Waals surface area contributed by atoms with E-state index < -0.39 is 0 Å². The number of fused-ring (bicyclic) bond motifs is 7. The molecule has 2 nitrogen and oxygen atoms in total. The quantitative estimate of drug-likeness (QED) is 0.266. The molecule has 6 aromatic carbocycles. The van der Waals surface area contributed by atoms with Crippen molar-refractivity contribution in [3.8, 4) is 11.1 Å². The van der Waals surface area contributed by atoms with E-state index in [4.69, 9.17) is 4.42 Å². The molecular formula is C34H21NOS. The Morgan fingerprint density at radius 3 is 2.27 bits per heavy atom. The van der Waals surface area contributed by atoms with Crippen molar-refractivity contribution in [2.24, 2.45) is 0 Å². The largest absolute Gasteiger partial charge is 0.456 e. The van der Waals surface area contributed by atoms with E-state index in [1.807, 2.05) is 29.5 Å². The van der Waals surface area contributed by atoms with Crippen molar-refractivity contribution >= 4 is 75.6 Å². The molecule has 2 aromatic heterocycles. The minimum atomic E-state index is 0.886. The third-order valence-corrected chi connectivity index (χ3v) is 8.35. The van der Waals surface area contributed by atoms with Gasteiger partial charge in [0.05, 0.1) is 11.1 Å². The molecule has 8 aromatic rings. The van der Waals surface area contributed by atoms with Gasteiger partial charge in [0.25, 0.3) is 0 Å². The van der Waals surface area contributed by atoms with Crippen LogP contribution in [0.1, 0.15) is 0 Å². The van der Waals surface area contributed by atoms with E-state index in [2.05, 4.69) is 108 Å². The van der Waals surface area contributed by atoms with Gasteiger partial charge >= 0.3 is 0 Å². The van der Waals surface area contributed by atoms with Crippen LogP contribution in [0.15, 0.2) is 126 Å². The van der Waals surface area contributed by atoms with Gasteiger partial charge in [-0.2, -0.15) is 0 Å². The molecule has 2 heterocycles. The molecule has 0 aliphatic heterocycles. The van der Waals surface area contributed by atoms with Crippen LogP contribution in [0.25, 0.3) is 64.0 Å². The van der Waals surface area contributed by atoms with Gasteiger partial charge < -0.3 is 9.73 Å². The van der Waals surface area contributed by atoms with Crippen LogP contribution >= 0.6 is 11.3 Å². The first-order valence-corrected chi connectivity index (χ1v) is 13.3. The Kier molecular flexibility index (Phi) is 4.42. The van der Waals surface area contributed by atoms with E-state index in [9.17, 15) is 0 Å². The molecule has 0 saturated heterocycles. The number of rotatable bonds is 3. The molecule has 0 amide bonds. The highest BCUT2D eigenvalue weighted by Gasteiger charge is 2.16. The Labute approximate surface area is 217 Å². The van der Waals surface area contributed by atoms with Crippen molar-refractivity contribution in [3.05, 3.63) is 121 Å². The third kappa shape index (κ3) is 3.25. The van der Waals surface area contributed by atoms with Gasteiger partial charge in [0.15, 0.2) is 0 Å². The van der Waals surface area contributed by atoms with E-state index >= 15 is 0 Å². The molecule has 0 spiro atoms. The van der Waals surface area contributed by atoms with Crippen LogP contribution in [0, 0.1) is 0 Å². The summed E-state index contributed by atoms with van der Waals surface area (Å²) in [5.41, 5.74) is 6.22. The van der Waals surface area contributed by atoms with Gasteiger partial charge in [0.2, 0.25) is 0 Å². The van der Waals surface area contributed by atoms with Gasteiger partial charge in [-0.05, 0) is 70.4 Å². The summed E-state index contributed by atoms with van der Waals surface area (Å²) >= 11 is 1.86. The Bertz CT molecular complexity index is 2120. The smallest absolute Gasteiger partial charge is 0.138 e. The number of nitrogens with one attached hydrogen (secondary N) is 1. The summed E-state index contributed by atoms with van der Waals surface area (Å²) in [5.74, 6) is 0. The van der Waals surface area contributed by atoms with Crippen LogP contribution in [-0.2, 0) is 0 Å². The van der Waals surface area contributed by atoms with Crippen molar-refractivity contribution in [2.75, 3.05) is 5.32 Å². The number of furan rings is 1. The fourth-order valence-electron chi connectivity index (χ4n) is 5.53. The minimum absolute atomic E-state index is 0.886. The zero-order chi connectivity index (χ0) is 24.3. The van der Waals surface area contributed by atoms with Gasteiger partial charge in [-0.25, -0.2) is 0 Å². The van der Waals surface area contributed by atoms with Crippen LogP contribution in [0.2, 0.25) is 0 Å². The summed E-state index contributed by atoms with van der Waals surface area (Å²) in [6.45, 7) is 0. The zero-order valence-electron chi connectivity index (χ0n) is 19.9. The van der Waals surface area contributed by atoms with E-state index in [-0.39, 0.29) is 0 Å². The summed E-state index contributed by atoms with van der Waals surface area (Å²) in [7, 11) is 0. The van der Waals surface area contributed by atoms with Crippen LogP contribution in [0.5, 0.6) is 0 Å². The second-order valence-electron chi connectivity index (χ2n) is 9.46. The van der Waals surface area contributed by atoms with Gasteiger partial charge in [-0.15, -0.1) is 11.3 Å². The van der Waals surface area contributed by atoms with Gasteiger partial charge in [0.1, 0.15) is 11.2 Å². The highest BCUT2D eigenvalue weighted by molar-refractivity contribution is 7.25. The molecule has 0 radical (unpaired) electrons. The Morgan fingerprint density at radius 2 is 1.35 bits per heavy atom. The summed E-state index contributed by atoms with van der Waals surface area (Å²) in [6, 6.07) is 43.0.